The highest BCUT2D eigenvalue weighted by Crippen LogP contribution is 2.16. The van der Waals surface area contributed by atoms with Crippen LogP contribution in [0.25, 0.3) is 0 Å². The number of hydrogen-bond acceptors (Lipinski definition) is 4. The van der Waals surface area contributed by atoms with Crippen LogP contribution in [0.2, 0.25) is 0 Å². The van der Waals surface area contributed by atoms with E-state index in [0.717, 1.165) is 0 Å². The summed E-state index contributed by atoms with van der Waals surface area (Å²) >= 11 is 0. The third-order valence-electron chi connectivity index (χ3n) is 2.62. The maximum atomic E-state index is 11.7. The van der Waals surface area contributed by atoms with E-state index < -0.39 is 4.92 Å². The molecule has 1 N–H and O–H groups in total. The molecule has 6 nitrogen and oxygen atoms in total. The van der Waals surface area contributed by atoms with E-state index in [0.29, 0.717) is 5.69 Å². The maximum Gasteiger partial charge on any atom is 0.271 e. The summed E-state index contributed by atoms with van der Waals surface area (Å²) in [5.41, 5.74) is 0.399. The van der Waals surface area contributed by atoms with Gasteiger partial charge >= 0.3 is 0 Å². The van der Waals surface area contributed by atoms with Gasteiger partial charge in [0.25, 0.3) is 5.69 Å². The molecule has 1 aromatic carbocycles. The van der Waals surface area contributed by atoms with Gasteiger partial charge in [0.15, 0.2) is 0 Å². The fourth-order valence-electron chi connectivity index (χ4n) is 1.31. The predicted molar refractivity (Wildman–Crippen MR) is 69.5 cm³/mol. The average Bonchev–Trinajstić information content (AvgIpc) is 2.28. The normalized spacial score (nSPS) is 10.7. The van der Waals surface area contributed by atoms with Gasteiger partial charge in [0.1, 0.15) is 0 Å². The Kier molecular flexibility index (Phi) is 4.79. The first-order valence-corrected chi connectivity index (χ1v) is 5.64. The van der Waals surface area contributed by atoms with Crippen molar-refractivity contribution in [2.24, 2.45) is 0 Å². The molecule has 0 saturated heterocycles. The van der Waals surface area contributed by atoms with Gasteiger partial charge in [-0.3, -0.25) is 19.8 Å². The molecule has 1 rings (SSSR count). The van der Waals surface area contributed by atoms with Gasteiger partial charge in [0.05, 0.1) is 11.5 Å². The van der Waals surface area contributed by atoms with Crippen LogP contribution in [0.4, 0.5) is 11.4 Å². The summed E-state index contributed by atoms with van der Waals surface area (Å²) in [7, 11) is 1.84. The zero-order valence-electron chi connectivity index (χ0n) is 10.7. The highest BCUT2D eigenvalue weighted by molar-refractivity contribution is 5.92. The molecule has 1 amide bonds. The lowest BCUT2D eigenvalue weighted by molar-refractivity contribution is -0.384. The molecule has 0 aliphatic carbocycles. The molecule has 6 heteroatoms. The van der Waals surface area contributed by atoms with E-state index in [2.05, 4.69) is 5.32 Å². The summed E-state index contributed by atoms with van der Waals surface area (Å²) in [6.45, 7) is 4.22. The standard InChI is InChI=1S/C12H17N3O3/c1-9(2)14(3)8-12(16)13-10-5-4-6-11(7-10)15(17)18/h4-7,9H,8H2,1-3H3,(H,13,16). The summed E-state index contributed by atoms with van der Waals surface area (Å²) in [4.78, 5) is 23.7. The van der Waals surface area contributed by atoms with Crippen LogP contribution in [0.15, 0.2) is 24.3 Å². The molecule has 0 spiro atoms. The average molecular weight is 251 g/mol. The highest BCUT2D eigenvalue weighted by Gasteiger charge is 2.11. The van der Waals surface area contributed by atoms with Crippen molar-refractivity contribution in [2.75, 3.05) is 18.9 Å². The van der Waals surface area contributed by atoms with Crippen molar-refractivity contribution in [2.45, 2.75) is 19.9 Å². The number of nitro benzene ring substituents is 1. The molecule has 0 bridgehead atoms. The number of nitrogens with one attached hydrogen (secondary N) is 1. The third-order valence-corrected chi connectivity index (χ3v) is 2.62. The van der Waals surface area contributed by atoms with Crippen molar-refractivity contribution >= 4 is 17.3 Å². The lowest BCUT2D eigenvalue weighted by atomic mass is 10.2. The minimum Gasteiger partial charge on any atom is -0.325 e. The van der Waals surface area contributed by atoms with Gasteiger partial charge in [-0.05, 0) is 27.0 Å². The number of anilines is 1. The van der Waals surface area contributed by atoms with Gasteiger partial charge in [0.2, 0.25) is 5.91 Å². The number of rotatable bonds is 5. The molecule has 0 aliphatic rings. The van der Waals surface area contributed by atoms with Gasteiger partial charge in [-0.25, -0.2) is 0 Å². The SMILES string of the molecule is CC(C)N(C)CC(=O)Nc1cccc([N+](=O)[O-])c1. The number of hydrogen-bond donors (Lipinski definition) is 1. The molecule has 0 radical (unpaired) electrons. The van der Waals surface area contributed by atoms with Crippen LogP contribution in [-0.2, 0) is 4.79 Å². The van der Waals surface area contributed by atoms with E-state index in [9.17, 15) is 14.9 Å². The number of amides is 1. The van der Waals surface area contributed by atoms with E-state index in [4.69, 9.17) is 0 Å². The van der Waals surface area contributed by atoms with Gasteiger partial charge in [-0.2, -0.15) is 0 Å². The first kappa shape index (κ1) is 14.1. The second-order valence-corrected chi connectivity index (χ2v) is 4.36. The predicted octanol–water partition coefficient (Wildman–Crippen LogP) is 1.87. The second-order valence-electron chi connectivity index (χ2n) is 4.36. The van der Waals surface area contributed by atoms with Crippen molar-refractivity contribution in [1.29, 1.82) is 0 Å². The van der Waals surface area contributed by atoms with Crippen molar-refractivity contribution in [3.05, 3.63) is 34.4 Å². The molecular formula is C12H17N3O3. The summed E-state index contributed by atoms with van der Waals surface area (Å²) in [6.07, 6.45) is 0. The minimum absolute atomic E-state index is 0.0370. The Bertz CT molecular complexity index is 446. The number of likely N-dealkylation sites (N-methyl/N-ethyl adjacent to an activating group) is 1. The number of non-ortho nitro benzene ring substituents is 1. The molecule has 0 aromatic heterocycles. The van der Waals surface area contributed by atoms with Crippen LogP contribution < -0.4 is 5.32 Å². The molecule has 1 aromatic rings. The Morgan fingerprint density at radius 1 is 1.50 bits per heavy atom. The Morgan fingerprint density at radius 2 is 2.17 bits per heavy atom. The zero-order chi connectivity index (χ0) is 13.7. The number of nitro groups is 1. The van der Waals surface area contributed by atoms with Crippen LogP contribution in [0.5, 0.6) is 0 Å². The number of benzene rings is 1. The molecule has 0 unspecified atom stereocenters. The first-order valence-electron chi connectivity index (χ1n) is 5.64. The third kappa shape index (κ3) is 4.14. The van der Waals surface area contributed by atoms with Gasteiger partial charge in [-0.1, -0.05) is 6.07 Å². The Hall–Kier alpha value is -1.95. The van der Waals surface area contributed by atoms with E-state index in [1.165, 1.54) is 12.1 Å². The molecule has 0 atom stereocenters. The molecule has 18 heavy (non-hydrogen) atoms. The Labute approximate surface area is 106 Å². The fraction of sp³-hybridized carbons (Fsp3) is 0.417. The monoisotopic (exact) mass is 251 g/mol. The molecule has 0 fully saturated rings. The van der Waals surface area contributed by atoms with Crippen LogP contribution >= 0.6 is 0 Å². The lowest BCUT2D eigenvalue weighted by Crippen LogP contribution is -2.34. The van der Waals surface area contributed by atoms with E-state index in [-0.39, 0.29) is 24.2 Å². The molecule has 0 heterocycles. The van der Waals surface area contributed by atoms with E-state index >= 15 is 0 Å². The molecule has 0 aliphatic heterocycles. The van der Waals surface area contributed by atoms with Crippen LogP contribution in [0.3, 0.4) is 0 Å². The largest absolute Gasteiger partial charge is 0.325 e. The number of carbonyl (C=O) groups excluding carboxylic acids is 1. The maximum absolute atomic E-state index is 11.7. The summed E-state index contributed by atoms with van der Waals surface area (Å²) in [5, 5.41) is 13.2. The molecule has 0 saturated carbocycles. The van der Waals surface area contributed by atoms with Crippen LogP contribution in [-0.4, -0.2) is 35.4 Å². The first-order chi connectivity index (χ1) is 8.40. The summed E-state index contributed by atoms with van der Waals surface area (Å²) < 4.78 is 0. The quantitative estimate of drug-likeness (QED) is 0.640. The second kappa shape index (κ2) is 6.11. The van der Waals surface area contributed by atoms with E-state index in [1.54, 1.807) is 12.1 Å². The van der Waals surface area contributed by atoms with Gasteiger partial charge in [-0.15, -0.1) is 0 Å². The van der Waals surface area contributed by atoms with E-state index in [1.807, 2.05) is 25.8 Å². The smallest absolute Gasteiger partial charge is 0.271 e. The van der Waals surface area contributed by atoms with Crippen molar-refractivity contribution in [3.63, 3.8) is 0 Å². The Morgan fingerprint density at radius 3 is 2.72 bits per heavy atom. The van der Waals surface area contributed by atoms with Gasteiger partial charge in [0, 0.05) is 23.9 Å². The Balaban J connectivity index is 2.65. The lowest BCUT2D eigenvalue weighted by Gasteiger charge is -2.20. The van der Waals surface area contributed by atoms with Crippen LogP contribution in [0, 0.1) is 10.1 Å². The van der Waals surface area contributed by atoms with Crippen LogP contribution in [0.1, 0.15) is 13.8 Å². The number of carbonyl (C=O) groups is 1. The van der Waals surface area contributed by atoms with Crippen molar-refractivity contribution in [1.82, 2.24) is 4.90 Å². The number of nitrogens with zero attached hydrogens (tertiary/aromatic N) is 2. The highest BCUT2D eigenvalue weighted by atomic mass is 16.6. The summed E-state index contributed by atoms with van der Waals surface area (Å²) in [6, 6.07) is 6.16. The molecular weight excluding hydrogens is 234 g/mol. The van der Waals surface area contributed by atoms with Gasteiger partial charge < -0.3 is 5.32 Å². The minimum atomic E-state index is -0.490. The topological polar surface area (TPSA) is 75.5 Å². The summed E-state index contributed by atoms with van der Waals surface area (Å²) in [5.74, 6) is -0.188. The molecule has 98 valence electrons. The zero-order valence-corrected chi connectivity index (χ0v) is 10.7. The fourth-order valence-corrected chi connectivity index (χ4v) is 1.31. The van der Waals surface area contributed by atoms with Crippen molar-refractivity contribution in [3.8, 4) is 0 Å². The van der Waals surface area contributed by atoms with Crippen molar-refractivity contribution < 1.29 is 9.72 Å².